The zero-order valence-corrected chi connectivity index (χ0v) is 78.4. The van der Waals surface area contributed by atoms with Gasteiger partial charge < -0.3 is 103 Å². The number of carbonyl (C=O) groups is 17. The second-order valence-electron chi connectivity index (χ2n) is 36.1. The Morgan fingerprint density at radius 3 is 1.72 bits per heavy atom. The number of aliphatic hydroxyl groups is 1. The molecule has 3 aromatic carbocycles. The van der Waals surface area contributed by atoms with E-state index in [1.165, 1.54) is 67.0 Å². The standard InChI is InChI=1S/C94H134N18O19S/c1-12-15-29-74-88(125)103-68(39-54(4)5)87(124)106-73(85(122)99-50-82(119)110-36-22-17-23-37-110)52-132-53-81(118)101-70(41-57-32-34-61(113)35-33-57)90(127)107(9)56(8)83(120)104-72(46-79(95)116)92(129)111-38-24-31-75(111)89(126)102-65(14-3)86(123)105-69(40-55(6)7)93(130)112-51-62(114)45-77(112)78(115)44-58(42-59-47-96-66-27-20-18-25-63(59)66)84(121)98-49-80(117)100-71(43-60-48-97-67-28-21-19-26-64(60)67)91(128)109(11)76(30-16-13-2)94(131)108(74)10/h18-21,25-28,32-35,47-48,54-56,58,62,65,68-77,96-97,113-114H,12-17,22-24,29-31,36-46,49-53H2,1-11H3,(H2,95,116)(H,98,121)(H,99,122)(H,100,117)(H,101,118)(H,102,126)(H,103,125)(H,104,120)(H,105,123)(H,106,124)/t56-,58+,62+,65-,68-,69-,70-,71?,72-,73-,74-,75-,76-,77-/m0/s1. The molecule has 0 aliphatic carbocycles. The fourth-order valence-corrected chi connectivity index (χ4v) is 18.4. The fourth-order valence-electron chi connectivity index (χ4n) is 17.5. The number of amides is 16. The Labute approximate surface area is 774 Å². The first-order valence-electron chi connectivity index (χ1n) is 46.2. The van der Waals surface area contributed by atoms with Gasteiger partial charge in [0.05, 0.1) is 37.4 Å². The molecular formula is C94H134N18O19S. The third-order valence-electron chi connectivity index (χ3n) is 25.1. The SMILES string of the molecule is CCCC[C@H]1C(=O)N(C)[C@@H](CCCC)C(=O)N[C@@H](CC(C)C)C(=O)N[C@H](C(=O)NCC(=O)N2CCCCC2)CSCC(=O)N[C@@H](Cc2ccc(O)cc2)C(=O)N(C)[C@@H](C)C(=O)N[C@@H](CC(N)=O)C(=O)N2CCC[C@H]2C(=O)N[C@@H](CC)C(=O)N[C@@H](CC(C)C)C(=O)N2C[C@H](O)C[C@H]2C(=O)C[C@@H](Cc2c[nH]c3ccccc23)C(=O)NCC(=O)NC(Cc2c[nH]c3ccccc23)C(=O)N1C. The van der Waals surface area contributed by atoms with E-state index in [1.54, 1.807) is 64.0 Å². The molecule has 14 atom stereocenters. The molecule has 16 amide bonds. The molecule has 4 saturated heterocycles. The van der Waals surface area contributed by atoms with E-state index in [0.717, 1.165) is 51.6 Å². The second-order valence-corrected chi connectivity index (χ2v) is 37.1. The first-order valence-corrected chi connectivity index (χ1v) is 47.3. The van der Waals surface area contributed by atoms with Crippen LogP contribution in [-0.2, 0) is 101 Å². The first-order chi connectivity index (χ1) is 62.9. The number of nitrogens with one attached hydrogen (secondary N) is 11. The van der Waals surface area contributed by atoms with Crippen LogP contribution in [-0.4, -0.2) is 300 Å². The summed E-state index contributed by atoms with van der Waals surface area (Å²) in [6.45, 7) is 13.2. The van der Waals surface area contributed by atoms with Gasteiger partial charge in [0.15, 0.2) is 5.78 Å². The van der Waals surface area contributed by atoms with Crippen molar-refractivity contribution in [2.75, 3.05) is 71.9 Å². The third kappa shape index (κ3) is 28.5. The average Bonchev–Trinajstić information content (AvgIpc) is 1.71. The van der Waals surface area contributed by atoms with Crippen LogP contribution in [0.25, 0.3) is 21.8 Å². The molecule has 9 rings (SSSR count). The van der Waals surface area contributed by atoms with E-state index in [4.69, 9.17) is 5.73 Å². The number of unbranched alkanes of at least 4 members (excludes halogenated alkanes) is 2. The monoisotopic (exact) mass is 1850 g/mol. The van der Waals surface area contributed by atoms with Crippen LogP contribution >= 0.6 is 11.8 Å². The van der Waals surface area contributed by atoms with Gasteiger partial charge in [-0.1, -0.05) is 123 Å². The summed E-state index contributed by atoms with van der Waals surface area (Å²) in [5, 5.41) is 47.7. The van der Waals surface area contributed by atoms with E-state index in [0.29, 0.717) is 66.5 Å². The predicted molar refractivity (Wildman–Crippen MR) is 494 cm³/mol. The quantitative estimate of drug-likeness (QED) is 0.0473. The fraction of sp³-hybridized carbons (Fsp3) is 0.585. The van der Waals surface area contributed by atoms with Crippen molar-refractivity contribution in [1.29, 1.82) is 0 Å². The Bertz CT molecular complexity index is 4920. The number of primary amides is 1. The van der Waals surface area contributed by atoms with Gasteiger partial charge in [-0.15, -0.1) is 11.8 Å². The highest BCUT2D eigenvalue weighted by Crippen LogP contribution is 2.30. The van der Waals surface area contributed by atoms with E-state index >= 15 is 33.6 Å². The van der Waals surface area contributed by atoms with Gasteiger partial charge in [-0.25, -0.2) is 0 Å². The highest BCUT2D eigenvalue weighted by atomic mass is 32.2. The number of aromatic amines is 2. The van der Waals surface area contributed by atoms with Crippen molar-refractivity contribution in [3.8, 4) is 5.75 Å². The first kappa shape index (κ1) is 104. The molecule has 1 unspecified atom stereocenters. The van der Waals surface area contributed by atoms with E-state index in [9.17, 15) is 58.2 Å². The Morgan fingerprint density at radius 2 is 1.10 bits per heavy atom. The van der Waals surface area contributed by atoms with Crippen molar-refractivity contribution in [3.05, 3.63) is 102 Å². The van der Waals surface area contributed by atoms with Crippen molar-refractivity contribution >= 4 is 134 Å². The average molecular weight is 1850 g/mol. The third-order valence-corrected chi connectivity index (χ3v) is 26.1. The normalized spacial score (nSPS) is 25.4. The smallest absolute Gasteiger partial charge is 0.246 e. The molecule has 15 N–H and O–H groups in total. The zero-order valence-electron chi connectivity index (χ0n) is 77.6. The highest BCUT2D eigenvalue weighted by molar-refractivity contribution is 8.00. The van der Waals surface area contributed by atoms with Crippen LogP contribution in [0.2, 0.25) is 0 Å². The van der Waals surface area contributed by atoms with Gasteiger partial charge in [0, 0.05) is 119 Å². The lowest BCUT2D eigenvalue weighted by Gasteiger charge is -2.36. The largest absolute Gasteiger partial charge is 0.508 e. The lowest BCUT2D eigenvalue weighted by Crippen LogP contribution is -2.60. The molecule has 2 aromatic heterocycles. The van der Waals surface area contributed by atoms with Crippen LogP contribution in [0.1, 0.15) is 181 Å². The summed E-state index contributed by atoms with van der Waals surface area (Å²) in [7, 11) is 4.11. The van der Waals surface area contributed by atoms with E-state index in [2.05, 4.69) is 57.8 Å². The van der Waals surface area contributed by atoms with Crippen molar-refractivity contribution in [2.24, 2.45) is 23.5 Å². The molecule has 0 saturated carbocycles. The van der Waals surface area contributed by atoms with E-state index in [1.807, 2.05) is 50.2 Å². The molecule has 4 aliphatic rings. The zero-order chi connectivity index (χ0) is 96.3. The minimum absolute atomic E-state index is 0.00356. The number of hydrogen-bond acceptors (Lipinski definition) is 20. The lowest BCUT2D eigenvalue weighted by molar-refractivity contribution is -0.149. The topological polar surface area (TPSA) is 516 Å². The van der Waals surface area contributed by atoms with E-state index < -0.39 is 211 Å². The number of rotatable bonds is 22. The van der Waals surface area contributed by atoms with Crippen LogP contribution < -0.4 is 53.6 Å². The number of benzene rings is 3. The Balaban J connectivity index is 1.07. The van der Waals surface area contributed by atoms with Crippen LogP contribution in [0.3, 0.4) is 0 Å². The Morgan fingerprint density at radius 1 is 0.545 bits per heavy atom. The molecule has 4 aliphatic heterocycles. The number of likely N-dealkylation sites (N-methyl/N-ethyl adjacent to an activating group) is 3. The number of hydrogen-bond donors (Lipinski definition) is 14. The summed E-state index contributed by atoms with van der Waals surface area (Å²) in [5.41, 5.74) is 8.81. The molecule has 132 heavy (non-hydrogen) atoms. The number of aromatic hydroxyl groups is 1. The van der Waals surface area contributed by atoms with Gasteiger partial charge in [-0.2, -0.15) is 0 Å². The molecule has 6 heterocycles. The molecular weight excluding hydrogens is 1720 g/mol. The number of carbonyl (C=O) groups excluding carboxylic acids is 17. The van der Waals surface area contributed by atoms with Gasteiger partial charge in [0.25, 0.3) is 0 Å². The molecule has 0 spiro atoms. The van der Waals surface area contributed by atoms with Gasteiger partial charge >= 0.3 is 0 Å². The second kappa shape index (κ2) is 49.5. The van der Waals surface area contributed by atoms with Crippen molar-refractivity contribution < 1.29 is 91.7 Å². The maximum Gasteiger partial charge on any atom is 0.246 e. The molecule has 38 heteroatoms. The van der Waals surface area contributed by atoms with Crippen LogP contribution in [0.15, 0.2) is 85.2 Å². The minimum Gasteiger partial charge on any atom is -0.508 e. The Kier molecular flexibility index (Phi) is 38.9. The number of para-hydroxylation sites is 2. The van der Waals surface area contributed by atoms with E-state index in [-0.39, 0.29) is 113 Å². The van der Waals surface area contributed by atoms with Crippen LogP contribution in [0.5, 0.6) is 5.75 Å². The number of Topliss-reactive ketones (excluding diaryl/α,β-unsaturated/α-hetero) is 1. The summed E-state index contributed by atoms with van der Waals surface area (Å²) in [4.78, 5) is 264. The number of aliphatic hydroxyl groups excluding tert-OH is 1. The molecule has 720 valence electrons. The Hall–Kier alpha value is -12.0. The van der Waals surface area contributed by atoms with Crippen molar-refractivity contribution in [1.82, 2.24) is 87.2 Å². The molecule has 5 aromatic rings. The number of aromatic nitrogens is 2. The summed E-state index contributed by atoms with van der Waals surface area (Å²) in [6, 6.07) is 3.45. The minimum atomic E-state index is -1.72. The van der Waals surface area contributed by atoms with Crippen molar-refractivity contribution in [2.45, 2.75) is 262 Å². The molecule has 0 radical (unpaired) electrons. The number of phenolic OH excluding ortho intramolecular Hbond substituents is 1. The maximum atomic E-state index is 15.6. The number of phenols is 1. The summed E-state index contributed by atoms with van der Waals surface area (Å²) in [6.07, 6.45) is 4.87. The summed E-state index contributed by atoms with van der Waals surface area (Å²) < 4.78 is 0. The van der Waals surface area contributed by atoms with Gasteiger partial charge in [0.1, 0.15) is 72.2 Å². The number of nitrogens with two attached hydrogens (primary N) is 1. The number of nitrogens with zero attached hydrogens (tertiary/aromatic N) is 6. The number of piperidine rings is 1. The lowest BCUT2D eigenvalue weighted by atomic mass is 9.90. The number of likely N-dealkylation sites (tertiary alicyclic amines) is 1. The van der Waals surface area contributed by atoms with Gasteiger partial charge in [0.2, 0.25) is 94.5 Å². The maximum absolute atomic E-state index is 15.6. The van der Waals surface area contributed by atoms with Gasteiger partial charge in [-0.05, 0) is 130 Å². The number of H-pyrrole nitrogens is 2. The van der Waals surface area contributed by atoms with Crippen molar-refractivity contribution in [3.63, 3.8) is 0 Å². The number of fused-ring (bicyclic) bond motifs is 4. The molecule has 0 bridgehead atoms. The predicted octanol–water partition coefficient (Wildman–Crippen LogP) is 2.56. The number of thioether (sulfide) groups is 1. The van der Waals surface area contributed by atoms with Crippen LogP contribution in [0, 0.1) is 17.8 Å². The molecule has 4 fully saturated rings. The molecule has 37 nitrogen and oxygen atoms in total. The highest BCUT2D eigenvalue weighted by Gasteiger charge is 2.46. The number of ketones is 1. The summed E-state index contributed by atoms with van der Waals surface area (Å²) >= 11 is 0.861. The van der Waals surface area contributed by atoms with Crippen LogP contribution in [0.4, 0.5) is 0 Å². The van der Waals surface area contributed by atoms with Gasteiger partial charge in [-0.3, -0.25) is 81.5 Å². The summed E-state index contributed by atoms with van der Waals surface area (Å²) in [5.74, 6) is -16.1.